The molecule has 1 N–H and O–H groups in total. The van der Waals surface area contributed by atoms with Crippen LogP contribution >= 0.6 is 23.4 Å². The number of benzene rings is 3. The van der Waals surface area contributed by atoms with Gasteiger partial charge in [-0.05, 0) is 80.6 Å². The minimum Gasteiger partial charge on any atom is -0.494 e. The van der Waals surface area contributed by atoms with Crippen molar-refractivity contribution >= 4 is 35.0 Å². The molecule has 0 bridgehead atoms. The molecule has 0 unspecified atom stereocenters. The van der Waals surface area contributed by atoms with Crippen molar-refractivity contribution in [3.8, 4) is 11.5 Å². The van der Waals surface area contributed by atoms with Crippen LogP contribution in [0.4, 0.5) is 5.69 Å². The van der Waals surface area contributed by atoms with Gasteiger partial charge in [-0.3, -0.25) is 4.79 Å². The second kappa shape index (κ2) is 11.0. The van der Waals surface area contributed by atoms with Crippen molar-refractivity contribution in [2.75, 3.05) is 18.5 Å². The van der Waals surface area contributed by atoms with E-state index in [0.717, 1.165) is 27.6 Å². The molecule has 0 aromatic heterocycles. The summed E-state index contributed by atoms with van der Waals surface area (Å²) in [6.07, 6.45) is 0. The predicted molar refractivity (Wildman–Crippen MR) is 124 cm³/mol. The maximum Gasteiger partial charge on any atom is 0.255 e. The summed E-state index contributed by atoms with van der Waals surface area (Å²) < 4.78 is 11.2. The van der Waals surface area contributed by atoms with Gasteiger partial charge in [-0.2, -0.15) is 0 Å². The van der Waals surface area contributed by atoms with Gasteiger partial charge in [0.15, 0.2) is 0 Å². The highest BCUT2D eigenvalue weighted by Gasteiger charge is 2.12. The van der Waals surface area contributed by atoms with E-state index in [1.54, 1.807) is 17.8 Å². The molecule has 3 aromatic rings. The van der Waals surface area contributed by atoms with Crippen molar-refractivity contribution in [2.24, 2.45) is 0 Å². The van der Waals surface area contributed by atoms with E-state index in [4.69, 9.17) is 21.1 Å². The number of thioether (sulfide) groups is 1. The monoisotopic (exact) mass is 441 g/mol. The molecule has 30 heavy (non-hydrogen) atoms. The van der Waals surface area contributed by atoms with E-state index in [1.165, 1.54) is 0 Å². The SMILES string of the molecule is CCOc1ccc(NC(=O)c2ccc(OCC)c(CSc3ccc(Cl)cc3)c2)cc1. The second-order valence-corrected chi connectivity index (χ2v) is 7.89. The average Bonchev–Trinajstić information content (AvgIpc) is 2.76. The molecule has 0 heterocycles. The van der Waals surface area contributed by atoms with Gasteiger partial charge in [0.2, 0.25) is 0 Å². The fraction of sp³-hybridized carbons (Fsp3) is 0.208. The summed E-state index contributed by atoms with van der Waals surface area (Å²) in [5, 5.41) is 3.64. The van der Waals surface area contributed by atoms with E-state index in [1.807, 2.05) is 74.5 Å². The molecule has 0 aliphatic rings. The molecule has 3 aromatic carbocycles. The van der Waals surface area contributed by atoms with E-state index in [9.17, 15) is 4.79 Å². The molecule has 0 spiro atoms. The lowest BCUT2D eigenvalue weighted by Gasteiger charge is -2.13. The number of ether oxygens (including phenoxy) is 2. The van der Waals surface area contributed by atoms with Gasteiger partial charge in [-0.1, -0.05) is 11.6 Å². The third-order valence-electron chi connectivity index (χ3n) is 4.25. The number of hydrogen-bond donors (Lipinski definition) is 1. The summed E-state index contributed by atoms with van der Waals surface area (Å²) in [4.78, 5) is 13.9. The van der Waals surface area contributed by atoms with Crippen molar-refractivity contribution in [3.63, 3.8) is 0 Å². The van der Waals surface area contributed by atoms with Crippen LogP contribution < -0.4 is 14.8 Å². The van der Waals surface area contributed by atoms with Gasteiger partial charge < -0.3 is 14.8 Å². The van der Waals surface area contributed by atoms with Gasteiger partial charge in [0.25, 0.3) is 5.91 Å². The van der Waals surface area contributed by atoms with Crippen molar-refractivity contribution in [2.45, 2.75) is 24.5 Å². The molecule has 6 heteroatoms. The Labute approximate surface area is 186 Å². The normalized spacial score (nSPS) is 10.5. The van der Waals surface area contributed by atoms with E-state index in [-0.39, 0.29) is 5.91 Å². The third-order valence-corrected chi connectivity index (χ3v) is 5.57. The fourth-order valence-electron chi connectivity index (χ4n) is 2.83. The maximum absolute atomic E-state index is 12.8. The molecule has 0 radical (unpaired) electrons. The van der Waals surface area contributed by atoms with Gasteiger partial charge >= 0.3 is 0 Å². The third kappa shape index (κ3) is 6.18. The van der Waals surface area contributed by atoms with E-state index < -0.39 is 0 Å². The summed E-state index contributed by atoms with van der Waals surface area (Å²) in [6.45, 7) is 5.05. The number of rotatable bonds is 9. The van der Waals surface area contributed by atoms with Crippen LogP contribution in [0.5, 0.6) is 11.5 Å². The van der Waals surface area contributed by atoms with Crippen LogP contribution in [0.1, 0.15) is 29.8 Å². The lowest BCUT2D eigenvalue weighted by Crippen LogP contribution is -2.12. The highest BCUT2D eigenvalue weighted by atomic mass is 35.5. The lowest BCUT2D eigenvalue weighted by atomic mass is 10.1. The zero-order chi connectivity index (χ0) is 21.3. The average molecular weight is 442 g/mol. The van der Waals surface area contributed by atoms with Crippen LogP contribution in [0.3, 0.4) is 0 Å². The molecule has 0 aliphatic heterocycles. The number of amides is 1. The predicted octanol–water partition coefficient (Wildman–Crippen LogP) is 6.68. The number of hydrogen-bond acceptors (Lipinski definition) is 4. The summed E-state index contributed by atoms with van der Waals surface area (Å²) in [5.74, 6) is 2.08. The van der Waals surface area contributed by atoms with Gasteiger partial charge in [0.1, 0.15) is 11.5 Å². The molecular weight excluding hydrogens is 418 g/mol. The summed E-state index contributed by atoms with van der Waals surface area (Å²) in [6, 6.07) is 20.6. The van der Waals surface area contributed by atoms with Gasteiger partial charge in [-0.25, -0.2) is 0 Å². The molecule has 4 nitrogen and oxygen atoms in total. The van der Waals surface area contributed by atoms with Gasteiger partial charge in [-0.15, -0.1) is 11.8 Å². The highest BCUT2D eigenvalue weighted by Crippen LogP contribution is 2.30. The Morgan fingerprint density at radius 1 is 0.933 bits per heavy atom. The van der Waals surface area contributed by atoms with Crippen molar-refractivity contribution < 1.29 is 14.3 Å². The summed E-state index contributed by atoms with van der Waals surface area (Å²) >= 11 is 7.63. The second-order valence-electron chi connectivity index (χ2n) is 6.41. The highest BCUT2D eigenvalue weighted by molar-refractivity contribution is 7.98. The van der Waals surface area contributed by atoms with Crippen LogP contribution in [0, 0.1) is 0 Å². The molecule has 3 rings (SSSR count). The zero-order valence-electron chi connectivity index (χ0n) is 17.0. The molecule has 1 amide bonds. The number of nitrogens with one attached hydrogen (secondary N) is 1. The lowest BCUT2D eigenvalue weighted by molar-refractivity contribution is 0.102. The van der Waals surface area contributed by atoms with Crippen molar-refractivity contribution in [1.82, 2.24) is 0 Å². The molecule has 0 atom stereocenters. The number of carbonyl (C=O) groups is 1. The first kappa shape index (κ1) is 22.1. The van der Waals surface area contributed by atoms with Crippen LogP contribution in [0.15, 0.2) is 71.6 Å². The van der Waals surface area contributed by atoms with Crippen LogP contribution in [0.25, 0.3) is 0 Å². The van der Waals surface area contributed by atoms with Crippen LogP contribution in [-0.4, -0.2) is 19.1 Å². The van der Waals surface area contributed by atoms with Crippen molar-refractivity contribution in [3.05, 3.63) is 82.9 Å². The number of carbonyl (C=O) groups excluding carboxylic acids is 1. The van der Waals surface area contributed by atoms with E-state index in [2.05, 4.69) is 5.32 Å². The smallest absolute Gasteiger partial charge is 0.255 e. The minimum absolute atomic E-state index is 0.167. The molecular formula is C24H24ClNO3S. The minimum atomic E-state index is -0.167. The quantitative estimate of drug-likeness (QED) is 0.376. The summed E-state index contributed by atoms with van der Waals surface area (Å²) in [5.41, 5.74) is 2.27. The Kier molecular flexibility index (Phi) is 8.05. The molecule has 156 valence electrons. The number of anilines is 1. The molecule has 0 saturated heterocycles. The first-order valence-corrected chi connectivity index (χ1v) is 11.1. The molecule has 0 saturated carbocycles. The standard InChI is InChI=1S/C24H24ClNO3S/c1-3-28-21-10-8-20(9-11-21)26-24(27)17-5-14-23(29-4-2)18(15-17)16-30-22-12-6-19(25)7-13-22/h5-15H,3-4,16H2,1-2H3,(H,26,27). The Morgan fingerprint density at radius 2 is 1.63 bits per heavy atom. The first-order valence-electron chi connectivity index (χ1n) is 9.77. The maximum atomic E-state index is 12.8. The molecule has 0 aliphatic carbocycles. The Morgan fingerprint density at radius 3 is 2.30 bits per heavy atom. The fourth-order valence-corrected chi connectivity index (χ4v) is 3.83. The zero-order valence-corrected chi connectivity index (χ0v) is 18.6. The number of halogens is 1. The summed E-state index contributed by atoms with van der Waals surface area (Å²) in [7, 11) is 0. The largest absolute Gasteiger partial charge is 0.494 e. The van der Waals surface area contributed by atoms with Gasteiger partial charge in [0, 0.05) is 32.5 Å². The van der Waals surface area contributed by atoms with Crippen LogP contribution in [-0.2, 0) is 5.75 Å². The van der Waals surface area contributed by atoms with Crippen molar-refractivity contribution in [1.29, 1.82) is 0 Å². The first-order chi connectivity index (χ1) is 14.6. The topological polar surface area (TPSA) is 47.6 Å². The Balaban J connectivity index is 1.73. The Bertz CT molecular complexity index is 975. The van der Waals surface area contributed by atoms with Crippen LogP contribution in [0.2, 0.25) is 5.02 Å². The van der Waals surface area contributed by atoms with E-state index in [0.29, 0.717) is 29.6 Å². The van der Waals surface area contributed by atoms with E-state index >= 15 is 0 Å². The van der Waals surface area contributed by atoms with Gasteiger partial charge in [0.05, 0.1) is 13.2 Å². The Hall–Kier alpha value is -2.63. The molecule has 0 fully saturated rings.